The lowest BCUT2D eigenvalue weighted by Gasteiger charge is -2.13. The van der Waals surface area contributed by atoms with Gasteiger partial charge in [-0.2, -0.15) is 0 Å². The number of hydrogen-bond donors (Lipinski definition) is 0. The van der Waals surface area contributed by atoms with Crippen LogP contribution in [0, 0.1) is 6.92 Å². The summed E-state index contributed by atoms with van der Waals surface area (Å²) < 4.78 is 1.17. The van der Waals surface area contributed by atoms with Crippen LogP contribution in [0.15, 0.2) is 65.1 Å². The van der Waals surface area contributed by atoms with Crippen LogP contribution in [-0.4, -0.2) is 0 Å². The summed E-state index contributed by atoms with van der Waals surface area (Å²) in [5, 5.41) is 8.01. The van der Waals surface area contributed by atoms with Crippen LogP contribution < -0.4 is 0 Å². The van der Waals surface area contributed by atoms with Crippen molar-refractivity contribution in [1.29, 1.82) is 0 Å². The molecule has 0 aromatic heterocycles. The van der Waals surface area contributed by atoms with E-state index in [0.717, 1.165) is 0 Å². The molecular weight excluding hydrogens is 308 g/mol. The molecule has 0 fully saturated rings. The van der Waals surface area contributed by atoms with E-state index < -0.39 is 0 Å². The fourth-order valence-electron chi connectivity index (χ4n) is 3.15. The van der Waals surface area contributed by atoms with Crippen molar-refractivity contribution in [3.05, 3.63) is 70.7 Å². The zero-order chi connectivity index (χ0) is 13.7. The first-order valence-corrected chi connectivity index (χ1v) is 7.55. The molecule has 0 bridgehead atoms. The van der Waals surface area contributed by atoms with Gasteiger partial charge in [0.2, 0.25) is 0 Å². The Morgan fingerprint density at radius 3 is 1.65 bits per heavy atom. The summed E-state index contributed by atoms with van der Waals surface area (Å²) in [7, 11) is 0. The second-order valence-corrected chi connectivity index (χ2v) is 6.04. The minimum atomic E-state index is 1.17. The molecule has 1 heteroatoms. The maximum atomic E-state index is 3.67. The van der Waals surface area contributed by atoms with Gasteiger partial charge in [0.25, 0.3) is 0 Å². The summed E-state index contributed by atoms with van der Waals surface area (Å²) in [5.41, 5.74) is 1.31. The highest BCUT2D eigenvalue weighted by Crippen LogP contribution is 2.38. The summed E-state index contributed by atoms with van der Waals surface area (Å²) in [6.07, 6.45) is 0. The van der Waals surface area contributed by atoms with Crippen LogP contribution in [0.1, 0.15) is 5.56 Å². The Labute approximate surface area is 126 Å². The SMILES string of the molecule is Cc1c(Br)ccc2c3ccccc3c3ccccc3c12. The molecule has 0 nitrogen and oxygen atoms in total. The van der Waals surface area contributed by atoms with E-state index in [1.54, 1.807) is 0 Å². The molecular formula is C19H13Br. The molecule has 96 valence electrons. The first-order valence-electron chi connectivity index (χ1n) is 6.75. The predicted molar refractivity (Wildman–Crippen MR) is 91.4 cm³/mol. The third-order valence-electron chi connectivity index (χ3n) is 4.10. The first-order chi connectivity index (χ1) is 9.77. The van der Waals surface area contributed by atoms with Crippen molar-refractivity contribution < 1.29 is 0 Å². The number of rotatable bonds is 0. The molecule has 0 radical (unpaired) electrons. The van der Waals surface area contributed by atoms with Crippen molar-refractivity contribution in [1.82, 2.24) is 0 Å². The Hall–Kier alpha value is -1.86. The minimum absolute atomic E-state index is 1.17. The van der Waals surface area contributed by atoms with Gasteiger partial charge in [0.05, 0.1) is 0 Å². The third kappa shape index (κ3) is 1.53. The Balaban J connectivity index is 2.46. The van der Waals surface area contributed by atoms with Crippen LogP contribution in [0.5, 0.6) is 0 Å². The van der Waals surface area contributed by atoms with Gasteiger partial charge < -0.3 is 0 Å². The lowest BCUT2D eigenvalue weighted by atomic mass is 9.92. The fourth-order valence-corrected chi connectivity index (χ4v) is 3.48. The highest BCUT2D eigenvalue weighted by Gasteiger charge is 2.10. The number of benzene rings is 4. The van der Waals surface area contributed by atoms with Crippen molar-refractivity contribution in [3.63, 3.8) is 0 Å². The van der Waals surface area contributed by atoms with Gasteiger partial charge in [0.15, 0.2) is 0 Å². The standard InChI is InChI=1S/C19H13Br/c1-12-18(20)11-10-17-15-8-3-2-6-13(15)14-7-4-5-9-16(14)19(12)17/h2-11H,1H3. The molecule has 4 aromatic rings. The average molecular weight is 321 g/mol. The van der Waals surface area contributed by atoms with E-state index in [1.807, 2.05) is 0 Å². The minimum Gasteiger partial charge on any atom is -0.0616 e. The molecule has 0 aliphatic rings. The van der Waals surface area contributed by atoms with Gasteiger partial charge in [-0.05, 0) is 50.9 Å². The largest absolute Gasteiger partial charge is 0.0616 e. The summed E-state index contributed by atoms with van der Waals surface area (Å²) in [6.45, 7) is 2.19. The van der Waals surface area contributed by atoms with Crippen LogP contribution in [0.2, 0.25) is 0 Å². The number of fused-ring (bicyclic) bond motifs is 6. The topological polar surface area (TPSA) is 0 Å². The molecule has 0 aliphatic carbocycles. The summed E-state index contributed by atoms with van der Waals surface area (Å²) in [5.74, 6) is 0. The predicted octanol–water partition coefficient (Wildman–Crippen LogP) is 6.22. The normalized spacial score (nSPS) is 11.5. The zero-order valence-corrected chi connectivity index (χ0v) is 12.7. The van der Waals surface area contributed by atoms with Crippen LogP contribution in [0.25, 0.3) is 32.3 Å². The molecule has 0 saturated carbocycles. The molecule has 0 N–H and O–H groups in total. The van der Waals surface area contributed by atoms with Gasteiger partial charge >= 0.3 is 0 Å². The molecule has 0 atom stereocenters. The Kier molecular flexibility index (Phi) is 2.58. The van der Waals surface area contributed by atoms with E-state index in [1.165, 1.54) is 42.4 Å². The molecule has 4 aromatic carbocycles. The smallest absolute Gasteiger partial charge is 0.0211 e. The van der Waals surface area contributed by atoms with Gasteiger partial charge in [-0.25, -0.2) is 0 Å². The van der Waals surface area contributed by atoms with E-state index in [4.69, 9.17) is 0 Å². The zero-order valence-electron chi connectivity index (χ0n) is 11.2. The van der Waals surface area contributed by atoms with Gasteiger partial charge in [-0.1, -0.05) is 70.5 Å². The molecule has 0 unspecified atom stereocenters. The fraction of sp³-hybridized carbons (Fsp3) is 0.0526. The van der Waals surface area contributed by atoms with Crippen molar-refractivity contribution in [3.8, 4) is 0 Å². The first kappa shape index (κ1) is 11.9. The molecule has 0 heterocycles. The average Bonchev–Trinajstić information content (AvgIpc) is 2.50. The van der Waals surface area contributed by atoms with E-state index in [9.17, 15) is 0 Å². The quantitative estimate of drug-likeness (QED) is 0.337. The second kappa shape index (κ2) is 4.32. The molecule has 20 heavy (non-hydrogen) atoms. The van der Waals surface area contributed by atoms with Gasteiger partial charge in [-0.15, -0.1) is 0 Å². The summed E-state index contributed by atoms with van der Waals surface area (Å²) in [4.78, 5) is 0. The van der Waals surface area contributed by atoms with Gasteiger partial charge in [0.1, 0.15) is 0 Å². The van der Waals surface area contributed by atoms with Crippen molar-refractivity contribution in [2.45, 2.75) is 6.92 Å². The highest BCUT2D eigenvalue weighted by molar-refractivity contribution is 9.10. The molecule has 0 amide bonds. The van der Waals surface area contributed by atoms with Crippen LogP contribution in [0.4, 0.5) is 0 Å². The van der Waals surface area contributed by atoms with E-state index in [-0.39, 0.29) is 0 Å². The molecule has 4 rings (SSSR count). The number of halogens is 1. The highest BCUT2D eigenvalue weighted by atomic mass is 79.9. The Bertz CT molecular complexity index is 932. The lowest BCUT2D eigenvalue weighted by molar-refractivity contribution is 1.50. The number of hydrogen-bond acceptors (Lipinski definition) is 0. The lowest BCUT2D eigenvalue weighted by Crippen LogP contribution is -1.86. The van der Waals surface area contributed by atoms with Crippen molar-refractivity contribution in [2.24, 2.45) is 0 Å². The van der Waals surface area contributed by atoms with E-state index >= 15 is 0 Å². The van der Waals surface area contributed by atoms with Crippen molar-refractivity contribution in [2.75, 3.05) is 0 Å². The van der Waals surface area contributed by atoms with Crippen LogP contribution in [-0.2, 0) is 0 Å². The molecule has 0 spiro atoms. The van der Waals surface area contributed by atoms with Gasteiger partial charge in [-0.3, -0.25) is 0 Å². The van der Waals surface area contributed by atoms with E-state index in [0.29, 0.717) is 0 Å². The maximum absolute atomic E-state index is 3.67. The summed E-state index contributed by atoms with van der Waals surface area (Å²) in [6, 6.07) is 21.7. The summed E-state index contributed by atoms with van der Waals surface area (Å²) >= 11 is 3.67. The Morgan fingerprint density at radius 1 is 0.600 bits per heavy atom. The third-order valence-corrected chi connectivity index (χ3v) is 4.96. The van der Waals surface area contributed by atoms with Crippen molar-refractivity contribution >= 4 is 48.2 Å². The van der Waals surface area contributed by atoms with Gasteiger partial charge in [0, 0.05) is 4.47 Å². The van der Waals surface area contributed by atoms with Crippen LogP contribution in [0.3, 0.4) is 0 Å². The maximum Gasteiger partial charge on any atom is 0.0211 e. The van der Waals surface area contributed by atoms with E-state index in [2.05, 4.69) is 83.5 Å². The number of aryl methyl sites for hydroxylation is 1. The molecule has 0 aliphatic heterocycles. The van der Waals surface area contributed by atoms with Crippen LogP contribution >= 0.6 is 15.9 Å². The monoisotopic (exact) mass is 320 g/mol. The second-order valence-electron chi connectivity index (χ2n) is 5.19. The Morgan fingerprint density at radius 2 is 1.05 bits per heavy atom. The molecule has 0 saturated heterocycles.